The van der Waals surface area contributed by atoms with E-state index in [0.717, 1.165) is 0 Å². The second-order valence-corrected chi connectivity index (χ2v) is 4.41. The molecule has 0 amide bonds. The Hall–Kier alpha value is -0.260. The van der Waals surface area contributed by atoms with Gasteiger partial charge in [0.15, 0.2) is 0 Å². The summed E-state index contributed by atoms with van der Waals surface area (Å²) in [6, 6.07) is 0. The molecule has 1 N–H and O–H groups in total. The van der Waals surface area contributed by atoms with E-state index in [9.17, 15) is 4.79 Å². The first-order chi connectivity index (χ1) is 5.57. The van der Waals surface area contributed by atoms with Crippen LogP contribution in [0.3, 0.4) is 0 Å². The first kappa shape index (κ1) is 11.7. The van der Waals surface area contributed by atoms with Gasteiger partial charge in [-0.25, -0.2) is 4.79 Å². The molecule has 0 heterocycles. The normalized spacial score (nSPS) is 15.9. The summed E-state index contributed by atoms with van der Waals surface area (Å²) in [5, 5.41) is 8.26. The minimum absolute atomic E-state index is 0.173. The zero-order valence-electron chi connectivity index (χ0n) is 7.16. The Morgan fingerprint density at radius 2 is 2.33 bits per heavy atom. The van der Waals surface area contributed by atoms with Crippen molar-refractivity contribution < 1.29 is 14.6 Å². The topological polar surface area (TPSA) is 46.5 Å². The lowest BCUT2D eigenvalue weighted by Crippen LogP contribution is -2.17. The van der Waals surface area contributed by atoms with Gasteiger partial charge in [-0.05, 0) is 6.92 Å². The smallest absolute Gasteiger partial charge is 0.450 e. The molecule has 3 nitrogen and oxygen atoms in total. The maximum atomic E-state index is 10.1. The maximum absolute atomic E-state index is 10.1. The molecule has 2 atom stereocenters. The highest BCUT2D eigenvalue weighted by Crippen LogP contribution is 2.15. The maximum Gasteiger partial charge on any atom is 0.505 e. The van der Waals surface area contributed by atoms with Crippen LogP contribution in [0.5, 0.6) is 0 Å². The predicted octanol–water partition coefficient (Wildman–Crippen LogP) is 2.70. The molecular formula is C8H13IO3. The van der Waals surface area contributed by atoms with Crippen LogP contribution >= 0.6 is 22.6 Å². The number of rotatable bonds is 4. The standard InChI is InChI=1S/C8H13IO3/c1-3-4-7(6(2)9)5-12-8(10)11/h3-4,6-7H,5H2,1-2H3,(H,10,11). The third-order valence-corrected chi connectivity index (χ3v) is 2.35. The Bertz CT molecular complexity index is 166. The molecule has 4 heteroatoms. The lowest BCUT2D eigenvalue weighted by atomic mass is 10.1. The SMILES string of the molecule is CC=CC(COC(=O)O)C(C)I. The second-order valence-electron chi connectivity index (χ2n) is 2.44. The summed E-state index contributed by atoms with van der Waals surface area (Å²) in [7, 11) is 0. The van der Waals surface area contributed by atoms with Crippen LogP contribution in [0.2, 0.25) is 0 Å². The molecule has 70 valence electrons. The average molecular weight is 284 g/mol. The van der Waals surface area contributed by atoms with E-state index >= 15 is 0 Å². The predicted molar refractivity (Wildman–Crippen MR) is 55.8 cm³/mol. The van der Waals surface area contributed by atoms with Crippen LogP contribution < -0.4 is 0 Å². The third kappa shape index (κ3) is 5.40. The number of carbonyl (C=O) groups is 1. The van der Waals surface area contributed by atoms with Crippen LogP contribution in [0.1, 0.15) is 13.8 Å². The molecule has 0 radical (unpaired) electrons. The fourth-order valence-electron chi connectivity index (χ4n) is 0.756. The number of halogens is 1. The Kier molecular flexibility index (Phi) is 6.14. The van der Waals surface area contributed by atoms with Gasteiger partial charge in [-0.15, -0.1) is 0 Å². The minimum atomic E-state index is -1.21. The molecule has 0 aromatic heterocycles. The highest BCUT2D eigenvalue weighted by Gasteiger charge is 2.12. The van der Waals surface area contributed by atoms with Crippen molar-refractivity contribution in [2.24, 2.45) is 5.92 Å². The van der Waals surface area contributed by atoms with Crippen LogP contribution in [-0.4, -0.2) is 21.8 Å². The molecule has 0 bridgehead atoms. The molecule has 0 fully saturated rings. The summed E-state index contributed by atoms with van der Waals surface area (Å²) in [6.07, 6.45) is 2.66. The first-order valence-electron chi connectivity index (χ1n) is 3.70. The highest BCUT2D eigenvalue weighted by molar-refractivity contribution is 14.1. The van der Waals surface area contributed by atoms with Gasteiger partial charge in [-0.2, -0.15) is 0 Å². The van der Waals surface area contributed by atoms with Gasteiger partial charge in [-0.3, -0.25) is 0 Å². The Morgan fingerprint density at radius 1 is 1.75 bits per heavy atom. The van der Waals surface area contributed by atoms with Gasteiger partial charge in [0.05, 0.1) is 0 Å². The van der Waals surface area contributed by atoms with Crippen LogP contribution in [0.25, 0.3) is 0 Å². The highest BCUT2D eigenvalue weighted by atomic mass is 127. The lowest BCUT2D eigenvalue weighted by Gasteiger charge is -2.13. The molecule has 0 aliphatic rings. The monoisotopic (exact) mass is 284 g/mol. The summed E-state index contributed by atoms with van der Waals surface area (Å²) in [5.74, 6) is 0.173. The van der Waals surface area contributed by atoms with Gasteiger partial charge in [0.25, 0.3) is 0 Å². The number of carboxylic acid groups (broad SMARTS) is 1. The summed E-state index contributed by atoms with van der Waals surface area (Å²) in [5.41, 5.74) is 0. The second kappa shape index (κ2) is 6.28. The van der Waals surface area contributed by atoms with E-state index in [1.54, 1.807) is 0 Å². The zero-order valence-corrected chi connectivity index (χ0v) is 9.32. The Labute approximate surface area is 85.9 Å². The van der Waals surface area contributed by atoms with Gasteiger partial charge >= 0.3 is 6.16 Å². The van der Waals surface area contributed by atoms with E-state index in [2.05, 4.69) is 27.3 Å². The number of hydrogen-bond acceptors (Lipinski definition) is 2. The van der Waals surface area contributed by atoms with Crippen molar-refractivity contribution in [3.05, 3.63) is 12.2 Å². The van der Waals surface area contributed by atoms with E-state index in [-0.39, 0.29) is 12.5 Å². The fourth-order valence-corrected chi connectivity index (χ4v) is 1.20. The molecule has 2 unspecified atom stereocenters. The van der Waals surface area contributed by atoms with Crippen LogP contribution in [0.15, 0.2) is 12.2 Å². The van der Waals surface area contributed by atoms with E-state index in [0.29, 0.717) is 3.92 Å². The molecule has 0 aromatic carbocycles. The molecule has 0 saturated carbocycles. The summed E-state index contributed by atoms with van der Waals surface area (Å²) in [6.45, 7) is 4.17. The molecule has 0 saturated heterocycles. The molecule has 0 aliphatic carbocycles. The first-order valence-corrected chi connectivity index (χ1v) is 4.95. The van der Waals surface area contributed by atoms with E-state index in [4.69, 9.17) is 5.11 Å². The van der Waals surface area contributed by atoms with Crippen molar-refractivity contribution in [3.63, 3.8) is 0 Å². The third-order valence-electron chi connectivity index (χ3n) is 1.43. The van der Waals surface area contributed by atoms with Crippen LogP contribution in [0, 0.1) is 5.92 Å². The molecule has 0 rings (SSSR count). The average Bonchev–Trinajstić information content (AvgIpc) is 1.96. The van der Waals surface area contributed by atoms with Gasteiger partial charge in [-0.1, -0.05) is 41.7 Å². The van der Waals surface area contributed by atoms with Gasteiger partial charge in [0.1, 0.15) is 6.61 Å². The lowest BCUT2D eigenvalue weighted by molar-refractivity contribution is 0.0832. The van der Waals surface area contributed by atoms with Crippen molar-refractivity contribution in [1.29, 1.82) is 0 Å². The van der Waals surface area contributed by atoms with Crippen LogP contribution in [0.4, 0.5) is 4.79 Å². The Morgan fingerprint density at radius 3 is 2.67 bits per heavy atom. The van der Waals surface area contributed by atoms with Gasteiger partial charge in [0.2, 0.25) is 0 Å². The quantitative estimate of drug-likeness (QED) is 0.373. The number of ether oxygens (including phenoxy) is 1. The molecule has 0 spiro atoms. The van der Waals surface area contributed by atoms with Crippen molar-refractivity contribution in [1.82, 2.24) is 0 Å². The van der Waals surface area contributed by atoms with Gasteiger partial charge < -0.3 is 9.84 Å². The zero-order chi connectivity index (χ0) is 9.56. The largest absolute Gasteiger partial charge is 0.505 e. The molecular weight excluding hydrogens is 271 g/mol. The van der Waals surface area contributed by atoms with Gasteiger partial charge in [0, 0.05) is 9.84 Å². The van der Waals surface area contributed by atoms with E-state index in [1.807, 2.05) is 26.0 Å². The number of hydrogen-bond donors (Lipinski definition) is 1. The van der Waals surface area contributed by atoms with Crippen molar-refractivity contribution in [3.8, 4) is 0 Å². The van der Waals surface area contributed by atoms with E-state index < -0.39 is 6.16 Å². The van der Waals surface area contributed by atoms with Crippen molar-refractivity contribution >= 4 is 28.7 Å². The summed E-state index contributed by atoms with van der Waals surface area (Å²) < 4.78 is 4.85. The minimum Gasteiger partial charge on any atom is -0.450 e. The summed E-state index contributed by atoms with van der Waals surface area (Å²) >= 11 is 2.25. The molecule has 0 aromatic rings. The number of allylic oxidation sites excluding steroid dienone is 1. The Balaban J connectivity index is 3.87. The summed E-state index contributed by atoms with van der Waals surface area (Å²) in [4.78, 5) is 10.1. The molecule has 0 aliphatic heterocycles. The fraction of sp³-hybridized carbons (Fsp3) is 0.625. The van der Waals surface area contributed by atoms with Crippen molar-refractivity contribution in [2.45, 2.75) is 17.8 Å². The molecule has 12 heavy (non-hydrogen) atoms. The van der Waals surface area contributed by atoms with E-state index in [1.165, 1.54) is 0 Å². The number of alkyl halides is 1. The van der Waals surface area contributed by atoms with Crippen LogP contribution in [-0.2, 0) is 4.74 Å². The van der Waals surface area contributed by atoms with Crippen molar-refractivity contribution in [2.75, 3.05) is 6.61 Å².